The monoisotopic (exact) mass is 175 g/mol. The number of likely N-dealkylation sites (tertiary alicyclic amines) is 1. The van der Waals surface area contributed by atoms with Crippen LogP contribution in [0.5, 0.6) is 0 Å². The second kappa shape index (κ2) is 2.06. The molecule has 11 heavy (non-hydrogen) atoms. The highest BCUT2D eigenvalue weighted by molar-refractivity contribution is 5.01. The smallest absolute Gasteiger partial charge is 0.284 e. The van der Waals surface area contributed by atoms with E-state index in [1.165, 1.54) is 0 Å². The van der Waals surface area contributed by atoms with Gasteiger partial charge in [-0.1, -0.05) is 0 Å². The first kappa shape index (κ1) is 8.70. The van der Waals surface area contributed by atoms with Crippen molar-refractivity contribution in [3.63, 3.8) is 0 Å². The third kappa shape index (κ3) is 1.31. The molecule has 1 aliphatic rings. The Morgan fingerprint density at radius 2 is 1.82 bits per heavy atom. The van der Waals surface area contributed by atoms with Crippen LogP contribution in [0.4, 0.5) is 22.0 Å². The lowest BCUT2D eigenvalue weighted by Crippen LogP contribution is -2.69. The minimum Gasteiger partial charge on any atom is -0.284 e. The highest BCUT2D eigenvalue weighted by atomic mass is 19.4. The fourth-order valence-electron chi connectivity index (χ4n) is 1.21. The van der Waals surface area contributed by atoms with E-state index in [4.69, 9.17) is 0 Å². The molecule has 66 valence electrons. The number of nitrogens with zero attached hydrogens (tertiary/aromatic N) is 1. The maximum atomic E-state index is 12.2. The van der Waals surface area contributed by atoms with E-state index in [9.17, 15) is 22.0 Å². The van der Waals surface area contributed by atoms with Gasteiger partial charge >= 0.3 is 6.18 Å². The van der Waals surface area contributed by atoms with Crippen molar-refractivity contribution in [2.75, 3.05) is 13.6 Å². The Balaban J connectivity index is 2.71. The summed E-state index contributed by atoms with van der Waals surface area (Å²) in [6.45, 7) is -0.808. The first-order valence-corrected chi connectivity index (χ1v) is 2.90. The molecular formula is C5H6F5N. The predicted molar refractivity (Wildman–Crippen MR) is 27.4 cm³/mol. The SMILES string of the molecule is CN1CC(F)(F)C1C(F)(F)F. The van der Waals surface area contributed by atoms with Gasteiger partial charge in [-0.15, -0.1) is 0 Å². The van der Waals surface area contributed by atoms with E-state index in [0.29, 0.717) is 4.90 Å². The molecule has 1 fully saturated rings. The van der Waals surface area contributed by atoms with Gasteiger partial charge in [0.05, 0.1) is 6.54 Å². The Labute approximate surface area is 59.8 Å². The molecule has 1 heterocycles. The summed E-state index contributed by atoms with van der Waals surface area (Å²) in [7, 11) is 1.02. The minimum atomic E-state index is -4.82. The molecule has 1 atom stereocenters. The highest BCUT2D eigenvalue weighted by Gasteiger charge is 2.65. The van der Waals surface area contributed by atoms with Crippen LogP contribution in [0.15, 0.2) is 0 Å². The fourth-order valence-corrected chi connectivity index (χ4v) is 1.21. The van der Waals surface area contributed by atoms with Crippen molar-refractivity contribution in [1.82, 2.24) is 4.90 Å². The summed E-state index contributed by atoms with van der Waals surface area (Å²) in [6, 6.07) is -2.59. The van der Waals surface area contributed by atoms with Gasteiger partial charge in [-0.25, -0.2) is 8.78 Å². The topological polar surface area (TPSA) is 3.24 Å². The van der Waals surface area contributed by atoms with Gasteiger partial charge in [0.1, 0.15) is 0 Å². The van der Waals surface area contributed by atoms with E-state index in [1.807, 2.05) is 0 Å². The lowest BCUT2D eigenvalue weighted by molar-refractivity contribution is -0.296. The Morgan fingerprint density at radius 3 is 1.91 bits per heavy atom. The Kier molecular flexibility index (Phi) is 1.63. The van der Waals surface area contributed by atoms with Crippen LogP contribution < -0.4 is 0 Å². The van der Waals surface area contributed by atoms with Gasteiger partial charge in [0.15, 0.2) is 6.04 Å². The van der Waals surface area contributed by atoms with Gasteiger partial charge in [-0.3, -0.25) is 4.90 Å². The van der Waals surface area contributed by atoms with Crippen molar-refractivity contribution in [1.29, 1.82) is 0 Å². The normalized spacial score (nSPS) is 31.6. The van der Waals surface area contributed by atoms with Crippen LogP contribution in [-0.4, -0.2) is 36.6 Å². The van der Waals surface area contributed by atoms with Crippen LogP contribution in [0.25, 0.3) is 0 Å². The van der Waals surface area contributed by atoms with Crippen LogP contribution in [-0.2, 0) is 0 Å². The van der Waals surface area contributed by atoms with Crippen molar-refractivity contribution in [2.45, 2.75) is 18.1 Å². The zero-order valence-electron chi connectivity index (χ0n) is 5.62. The van der Waals surface area contributed by atoms with Gasteiger partial charge < -0.3 is 0 Å². The lowest BCUT2D eigenvalue weighted by atomic mass is 9.99. The molecular weight excluding hydrogens is 169 g/mol. The van der Waals surface area contributed by atoms with Gasteiger partial charge in [-0.2, -0.15) is 13.2 Å². The number of hydrogen-bond acceptors (Lipinski definition) is 1. The van der Waals surface area contributed by atoms with Crippen LogP contribution in [0.3, 0.4) is 0 Å². The second-order valence-electron chi connectivity index (χ2n) is 2.62. The summed E-state index contributed by atoms with van der Waals surface area (Å²) in [5.74, 6) is -3.60. The summed E-state index contributed by atoms with van der Waals surface area (Å²) in [5, 5.41) is 0. The zero-order valence-corrected chi connectivity index (χ0v) is 5.62. The van der Waals surface area contributed by atoms with Gasteiger partial charge in [0.2, 0.25) is 0 Å². The Morgan fingerprint density at radius 1 is 1.36 bits per heavy atom. The van der Waals surface area contributed by atoms with Gasteiger partial charge in [0, 0.05) is 0 Å². The van der Waals surface area contributed by atoms with E-state index in [1.54, 1.807) is 0 Å². The first-order chi connectivity index (χ1) is 4.75. The Hall–Kier alpha value is -0.390. The largest absolute Gasteiger partial charge is 0.409 e. The molecule has 0 bridgehead atoms. The number of rotatable bonds is 0. The van der Waals surface area contributed by atoms with E-state index >= 15 is 0 Å². The summed E-state index contributed by atoms with van der Waals surface area (Å²) >= 11 is 0. The predicted octanol–water partition coefficient (Wildman–Crippen LogP) is 1.50. The fraction of sp³-hybridized carbons (Fsp3) is 1.00. The summed E-state index contributed by atoms with van der Waals surface area (Å²) < 4.78 is 59.6. The lowest BCUT2D eigenvalue weighted by Gasteiger charge is -2.45. The summed E-state index contributed by atoms with van der Waals surface area (Å²) in [4.78, 5) is 0.583. The molecule has 0 aromatic rings. The molecule has 1 nitrogen and oxygen atoms in total. The molecule has 6 heteroatoms. The average Bonchev–Trinajstić information content (AvgIpc) is 1.54. The van der Waals surface area contributed by atoms with Crippen LogP contribution in [0, 0.1) is 0 Å². The van der Waals surface area contributed by atoms with Gasteiger partial charge in [0.25, 0.3) is 5.92 Å². The molecule has 0 N–H and O–H groups in total. The summed E-state index contributed by atoms with van der Waals surface area (Å²) in [6.07, 6.45) is -4.82. The molecule has 1 rings (SSSR count). The van der Waals surface area contributed by atoms with Crippen LogP contribution >= 0.6 is 0 Å². The number of hydrogen-bond donors (Lipinski definition) is 0. The zero-order chi connectivity index (χ0) is 8.86. The van der Waals surface area contributed by atoms with Crippen LogP contribution in [0.1, 0.15) is 0 Å². The van der Waals surface area contributed by atoms with Crippen molar-refractivity contribution in [2.24, 2.45) is 0 Å². The van der Waals surface area contributed by atoms with Crippen molar-refractivity contribution in [3.8, 4) is 0 Å². The standard InChI is InChI=1S/C5H6F5N/c1-11-2-4(6,7)3(11)5(8,9)10/h3H,2H2,1H3. The molecule has 1 unspecified atom stereocenters. The summed E-state index contributed by atoms with van der Waals surface area (Å²) in [5.41, 5.74) is 0. The molecule has 0 amide bonds. The van der Waals surface area contributed by atoms with Crippen molar-refractivity contribution in [3.05, 3.63) is 0 Å². The molecule has 1 aliphatic heterocycles. The number of alkyl halides is 5. The minimum absolute atomic E-state index is 0.583. The van der Waals surface area contributed by atoms with Gasteiger partial charge in [-0.05, 0) is 7.05 Å². The van der Waals surface area contributed by atoms with E-state index in [0.717, 1.165) is 7.05 Å². The maximum Gasteiger partial charge on any atom is 0.409 e. The molecule has 0 aliphatic carbocycles. The second-order valence-corrected chi connectivity index (χ2v) is 2.62. The molecule has 1 saturated heterocycles. The maximum absolute atomic E-state index is 12.2. The molecule has 0 saturated carbocycles. The molecule has 0 aromatic carbocycles. The van der Waals surface area contributed by atoms with Crippen molar-refractivity contribution < 1.29 is 22.0 Å². The molecule has 0 spiro atoms. The van der Waals surface area contributed by atoms with E-state index in [2.05, 4.69) is 0 Å². The third-order valence-corrected chi connectivity index (χ3v) is 1.61. The average molecular weight is 175 g/mol. The van der Waals surface area contributed by atoms with Crippen LogP contribution in [0.2, 0.25) is 0 Å². The van der Waals surface area contributed by atoms with E-state index in [-0.39, 0.29) is 0 Å². The highest BCUT2D eigenvalue weighted by Crippen LogP contribution is 2.42. The Bertz CT molecular complexity index is 153. The molecule has 0 aromatic heterocycles. The molecule has 0 radical (unpaired) electrons. The van der Waals surface area contributed by atoms with E-state index < -0.39 is 24.7 Å². The third-order valence-electron chi connectivity index (χ3n) is 1.61. The first-order valence-electron chi connectivity index (χ1n) is 2.90. The quantitative estimate of drug-likeness (QED) is 0.504. The number of halogens is 5. The van der Waals surface area contributed by atoms with Crippen molar-refractivity contribution >= 4 is 0 Å².